The Morgan fingerprint density at radius 1 is 0.110 bits per heavy atom. The molecule has 0 aliphatic rings. The zero-order valence-electron chi connectivity index (χ0n) is 69.4. The van der Waals surface area contributed by atoms with Crippen LogP contribution in [0.15, 0.2) is 497 Å². The molecule has 4 nitrogen and oxygen atoms in total. The van der Waals surface area contributed by atoms with Crippen LogP contribution in [0.5, 0.6) is 0 Å². The third kappa shape index (κ3) is 15.4. The zero-order chi connectivity index (χ0) is 84.4. The summed E-state index contributed by atoms with van der Waals surface area (Å²) in [5, 5.41) is 7.92. The highest BCUT2D eigenvalue weighted by Gasteiger charge is 2.22. The fourth-order valence-corrected chi connectivity index (χ4v) is 21.6. The average Bonchev–Trinajstić information content (AvgIpc) is 1.62. The van der Waals surface area contributed by atoms with Crippen LogP contribution in [0, 0.1) is 0 Å². The largest absolute Gasteiger partial charge is 0.311 e. The quantitative estimate of drug-likeness (QED) is 0.0800. The van der Waals surface area contributed by atoms with Crippen molar-refractivity contribution in [1.82, 2.24) is 0 Å². The zero-order valence-corrected chi connectivity index (χ0v) is 71.8. The van der Waals surface area contributed by atoms with Gasteiger partial charge in [-0.25, -0.2) is 0 Å². The first-order valence-corrected chi connectivity index (χ1v) is 45.5. The van der Waals surface area contributed by atoms with E-state index in [9.17, 15) is 0 Å². The van der Waals surface area contributed by atoms with E-state index in [1.54, 1.807) is 0 Å². The van der Waals surface area contributed by atoms with Crippen molar-refractivity contribution in [2.75, 3.05) is 19.6 Å². The predicted octanol–water partition coefficient (Wildman–Crippen LogP) is 36.0. The second-order valence-corrected chi connectivity index (χ2v) is 35.0. The van der Waals surface area contributed by atoms with Crippen molar-refractivity contribution in [2.45, 2.75) is 0 Å². The van der Waals surface area contributed by atoms with Gasteiger partial charge in [0.1, 0.15) is 0 Å². The van der Waals surface area contributed by atoms with E-state index >= 15 is 0 Å². The maximum absolute atomic E-state index is 2.34. The lowest BCUT2D eigenvalue weighted by molar-refractivity contribution is 1.28. The van der Waals surface area contributed by atoms with E-state index in [-0.39, 0.29) is 0 Å². The van der Waals surface area contributed by atoms with Crippen LogP contribution >= 0.6 is 34.0 Å². The maximum Gasteiger partial charge on any atom is 0.0462 e. The first kappa shape index (κ1) is 77.3. The van der Waals surface area contributed by atoms with Crippen LogP contribution in [0.4, 0.5) is 68.2 Å². The first-order chi connectivity index (χ1) is 63.0. The van der Waals surface area contributed by atoms with Crippen molar-refractivity contribution >= 4 is 163 Å². The molecule has 0 unspecified atom stereocenters. The molecule has 0 atom stereocenters. The van der Waals surface area contributed by atoms with Crippen LogP contribution < -0.4 is 19.6 Å². The van der Waals surface area contributed by atoms with E-state index in [2.05, 4.69) is 517 Å². The van der Waals surface area contributed by atoms with Crippen molar-refractivity contribution in [1.29, 1.82) is 0 Å². The van der Waals surface area contributed by atoms with E-state index in [0.717, 1.165) is 79.4 Å². The highest BCUT2D eigenvalue weighted by molar-refractivity contribution is 7.27. The summed E-state index contributed by atoms with van der Waals surface area (Å²) in [5.41, 5.74) is 30.2. The Hall–Kier alpha value is -15.7. The summed E-state index contributed by atoms with van der Waals surface area (Å²) in [6, 6.07) is 180. The molecular formula is C120H82N4S3. The van der Waals surface area contributed by atoms with E-state index in [1.807, 2.05) is 34.0 Å². The molecule has 7 heteroatoms. The monoisotopic (exact) mass is 1670 g/mol. The Morgan fingerprint density at radius 3 is 0.480 bits per heavy atom. The fraction of sp³-hybridized carbons (Fsp3) is 0. The SMILES string of the molecule is c1ccc(-c2ccc(N(c3ccc(-c4ccccc4)cc3)c3ccc(-c4ccc(N(c5ccccc5)c5ccc(-c6cccc7c6sc6ccccc67)cc5)cc4)cc3)cc2)cc1.c1ccc(N(c2ccc(-c3ccc(N(c4ccccc4)c4ccc(-c5cccc6c5sc5ccccc56)cc4)cc3)cc2)c2ccc(-c3cccc4c3sc3ccccc34)cc2)cc1. The highest BCUT2D eigenvalue weighted by Crippen LogP contribution is 2.48. The normalized spacial score (nSPS) is 11.3. The summed E-state index contributed by atoms with van der Waals surface area (Å²) in [5.74, 6) is 0. The van der Waals surface area contributed by atoms with Gasteiger partial charge in [-0.1, -0.05) is 334 Å². The molecule has 0 fully saturated rings. The van der Waals surface area contributed by atoms with Crippen LogP contribution in [-0.2, 0) is 0 Å². The molecule has 23 rings (SSSR count). The minimum atomic E-state index is 1.09. The number of anilines is 12. The molecule has 20 aromatic carbocycles. The van der Waals surface area contributed by atoms with Crippen molar-refractivity contribution < 1.29 is 0 Å². The summed E-state index contributed by atoms with van der Waals surface area (Å²) < 4.78 is 7.97. The van der Waals surface area contributed by atoms with Gasteiger partial charge < -0.3 is 19.6 Å². The number of thiophene rings is 3. The molecule has 23 aromatic rings. The Labute approximate surface area is 751 Å². The molecule has 600 valence electrons. The maximum atomic E-state index is 2.34. The summed E-state index contributed by atoms with van der Waals surface area (Å²) in [6.45, 7) is 0. The van der Waals surface area contributed by atoms with Gasteiger partial charge >= 0.3 is 0 Å². The minimum absolute atomic E-state index is 1.09. The molecule has 0 aliphatic heterocycles. The molecule has 3 heterocycles. The van der Waals surface area contributed by atoms with E-state index in [0.29, 0.717) is 0 Å². The van der Waals surface area contributed by atoms with Crippen molar-refractivity contribution in [2.24, 2.45) is 0 Å². The molecule has 0 radical (unpaired) electrons. The van der Waals surface area contributed by atoms with Crippen molar-refractivity contribution in [3.63, 3.8) is 0 Å². The van der Waals surface area contributed by atoms with Crippen LogP contribution in [0.25, 0.3) is 138 Å². The molecular weight excluding hydrogens is 1590 g/mol. The summed E-state index contributed by atoms with van der Waals surface area (Å²) >= 11 is 5.62. The van der Waals surface area contributed by atoms with Gasteiger partial charge in [0.05, 0.1) is 0 Å². The van der Waals surface area contributed by atoms with Crippen molar-refractivity contribution in [3.05, 3.63) is 497 Å². The Morgan fingerprint density at radius 2 is 0.268 bits per heavy atom. The highest BCUT2D eigenvalue weighted by atomic mass is 32.1. The topological polar surface area (TPSA) is 13.0 Å². The lowest BCUT2D eigenvalue weighted by Gasteiger charge is -2.26. The molecule has 0 spiro atoms. The number of hydrogen-bond acceptors (Lipinski definition) is 7. The smallest absolute Gasteiger partial charge is 0.0462 e. The second-order valence-electron chi connectivity index (χ2n) is 31.8. The standard InChI is InChI=1S/C60H40N2S2.C60H42N2S/c1-3-13-45(14-4-1)61(49-37-29-43(30-38-49)51-19-11-21-55-53-17-7-9-23-57(53)63-59(51)55)47-33-25-41(26-34-47)42-27-35-48(36-28-42)62(46-15-5-2-6-16-46)50-39-31-44(32-40-50)52-20-12-22-56-54-18-8-10-24-58(54)64-60(52)56;1-4-13-43(14-5-1)45-23-33-52(34-24-45)62(53-35-25-46(26-36-53)44-15-6-2-7-16-44)54-39-29-48(30-40-54)47-27-37-51(38-28-47)61(50-17-8-3-9-18-50)55-41-31-49(32-42-55)56-20-12-21-58-57-19-10-11-22-59(57)63-60(56)58/h1-40H;1-42H. The third-order valence-corrected chi connectivity index (χ3v) is 27.9. The Kier molecular flexibility index (Phi) is 21.0. The van der Waals surface area contributed by atoms with Crippen LogP contribution in [0.2, 0.25) is 0 Å². The predicted molar refractivity (Wildman–Crippen MR) is 548 cm³/mol. The third-order valence-electron chi connectivity index (χ3n) is 24.2. The van der Waals surface area contributed by atoms with Gasteiger partial charge in [0, 0.05) is 129 Å². The van der Waals surface area contributed by atoms with E-state index < -0.39 is 0 Å². The number of fused-ring (bicyclic) bond motifs is 9. The summed E-state index contributed by atoms with van der Waals surface area (Å²) in [4.78, 5) is 9.34. The molecule has 3 aromatic heterocycles. The van der Waals surface area contributed by atoms with Gasteiger partial charge in [0.15, 0.2) is 0 Å². The number of nitrogens with zero attached hydrogens (tertiary/aromatic N) is 4. The lowest BCUT2D eigenvalue weighted by atomic mass is 10.0. The Balaban J connectivity index is 0.000000150. The molecule has 0 aliphatic carbocycles. The number of para-hydroxylation sites is 3. The number of benzene rings is 20. The number of hydrogen-bond donors (Lipinski definition) is 0. The molecule has 0 saturated heterocycles. The summed E-state index contributed by atoms with van der Waals surface area (Å²) in [6.07, 6.45) is 0. The van der Waals surface area contributed by atoms with E-state index in [1.165, 1.54) is 127 Å². The Bertz CT molecular complexity index is 7460. The summed E-state index contributed by atoms with van der Waals surface area (Å²) in [7, 11) is 0. The van der Waals surface area contributed by atoms with Gasteiger partial charge in [0.25, 0.3) is 0 Å². The molecule has 127 heavy (non-hydrogen) atoms. The van der Waals surface area contributed by atoms with Gasteiger partial charge in [-0.3, -0.25) is 0 Å². The second kappa shape index (κ2) is 34.5. The van der Waals surface area contributed by atoms with Gasteiger partial charge in [-0.05, 0) is 242 Å². The van der Waals surface area contributed by atoms with Gasteiger partial charge in [0.2, 0.25) is 0 Å². The molecule has 0 N–H and O–H groups in total. The molecule has 0 amide bonds. The van der Waals surface area contributed by atoms with Gasteiger partial charge in [-0.2, -0.15) is 0 Å². The minimum Gasteiger partial charge on any atom is -0.311 e. The lowest BCUT2D eigenvalue weighted by Crippen LogP contribution is -2.10. The average molecular weight is 1680 g/mol. The van der Waals surface area contributed by atoms with E-state index in [4.69, 9.17) is 0 Å². The van der Waals surface area contributed by atoms with Crippen LogP contribution in [-0.4, -0.2) is 0 Å². The first-order valence-electron chi connectivity index (χ1n) is 43.1. The van der Waals surface area contributed by atoms with Crippen LogP contribution in [0.1, 0.15) is 0 Å². The number of rotatable bonds is 19. The molecule has 0 saturated carbocycles. The van der Waals surface area contributed by atoms with Crippen LogP contribution in [0.3, 0.4) is 0 Å². The van der Waals surface area contributed by atoms with Crippen molar-refractivity contribution in [3.8, 4) is 77.9 Å². The fourth-order valence-electron chi connectivity index (χ4n) is 17.9. The molecule has 0 bridgehead atoms. The van der Waals surface area contributed by atoms with Gasteiger partial charge in [-0.15, -0.1) is 34.0 Å².